The average Bonchev–Trinajstić information content (AvgIpc) is 2.41. The Kier molecular flexibility index (Phi) is 1.99. The molecule has 0 spiro atoms. The molecule has 0 saturated heterocycles. The molecule has 0 radical (unpaired) electrons. The van der Waals surface area contributed by atoms with Crippen molar-refractivity contribution in [3.05, 3.63) is 31.7 Å². The molecule has 1 heteroatoms. The molecule has 0 aromatic heterocycles. The first-order chi connectivity index (χ1) is 5.68. The highest BCUT2D eigenvalue weighted by atomic mass is 127. The van der Waals surface area contributed by atoms with Crippen LogP contribution in [-0.2, 0) is 0 Å². The van der Waals surface area contributed by atoms with Crippen molar-refractivity contribution in [1.29, 1.82) is 0 Å². The van der Waals surface area contributed by atoms with Crippen molar-refractivity contribution in [3.8, 4) is 0 Å². The highest BCUT2D eigenvalue weighted by molar-refractivity contribution is 14.1. The molecular formula is C11H11I. The largest absolute Gasteiger partial charge is 0.0697 e. The molecule has 0 nitrogen and oxygen atoms in total. The first kappa shape index (κ1) is 8.30. The minimum Gasteiger partial charge on any atom is -0.0697 e. The Bertz CT molecular complexity index is 388. The quantitative estimate of drug-likeness (QED) is 0.631. The van der Waals surface area contributed by atoms with Crippen molar-refractivity contribution in [2.24, 2.45) is 5.92 Å². The summed E-state index contributed by atoms with van der Waals surface area (Å²) in [6.07, 6.45) is 4.68. The Labute approximate surface area is 86.1 Å². The fourth-order valence-electron chi connectivity index (χ4n) is 1.68. The van der Waals surface area contributed by atoms with Crippen molar-refractivity contribution in [1.82, 2.24) is 0 Å². The van der Waals surface area contributed by atoms with Crippen LogP contribution in [-0.4, -0.2) is 0 Å². The molecule has 0 aliphatic heterocycles. The maximum absolute atomic E-state index is 2.40. The van der Waals surface area contributed by atoms with E-state index in [0.717, 1.165) is 0 Å². The SMILES string of the molecule is Cc1ccc(I)c2c1=C[C@H](C)C=2. The number of hydrogen-bond acceptors (Lipinski definition) is 0. The predicted molar refractivity (Wildman–Crippen MR) is 61.2 cm³/mol. The minimum atomic E-state index is 0.606. The molecule has 1 aromatic rings. The van der Waals surface area contributed by atoms with Gasteiger partial charge in [-0.1, -0.05) is 25.1 Å². The van der Waals surface area contributed by atoms with E-state index in [4.69, 9.17) is 0 Å². The first-order valence-corrected chi connectivity index (χ1v) is 5.25. The van der Waals surface area contributed by atoms with Gasteiger partial charge < -0.3 is 0 Å². The van der Waals surface area contributed by atoms with Crippen molar-refractivity contribution in [2.75, 3.05) is 0 Å². The number of aryl methyl sites for hydroxylation is 1. The molecule has 0 heterocycles. The maximum atomic E-state index is 2.40. The average molecular weight is 270 g/mol. The van der Waals surface area contributed by atoms with Gasteiger partial charge in [-0.05, 0) is 57.5 Å². The van der Waals surface area contributed by atoms with Crippen LogP contribution < -0.4 is 10.4 Å². The van der Waals surface area contributed by atoms with E-state index < -0.39 is 0 Å². The summed E-state index contributed by atoms with van der Waals surface area (Å²) in [7, 11) is 0. The molecule has 1 aliphatic carbocycles. The minimum absolute atomic E-state index is 0.606. The molecule has 1 atom stereocenters. The Morgan fingerprint density at radius 3 is 2.50 bits per heavy atom. The van der Waals surface area contributed by atoms with Crippen molar-refractivity contribution < 1.29 is 0 Å². The molecule has 0 saturated carbocycles. The number of benzene rings is 1. The van der Waals surface area contributed by atoms with E-state index in [0.29, 0.717) is 5.92 Å². The lowest BCUT2D eigenvalue weighted by Gasteiger charge is -1.94. The van der Waals surface area contributed by atoms with Crippen LogP contribution in [0.5, 0.6) is 0 Å². The van der Waals surface area contributed by atoms with Crippen LogP contribution in [0.15, 0.2) is 12.1 Å². The van der Waals surface area contributed by atoms with Crippen molar-refractivity contribution in [3.63, 3.8) is 0 Å². The van der Waals surface area contributed by atoms with Gasteiger partial charge >= 0.3 is 0 Å². The first-order valence-electron chi connectivity index (χ1n) is 4.17. The normalized spacial score (nSPS) is 19.8. The van der Waals surface area contributed by atoms with Gasteiger partial charge in [-0.2, -0.15) is 0 Å². The van der Waals surface area contributed by atoms with Gasteiger partial charge in [0.2, 0.25) is 0 Å². The molecule has 0 fully saturated rings. The zero-order valence-corrected chi connectivity index (χ0v) is 9.42. The molecule has 2 rings (SSSR count). The van der Waals surface area contributed by atoms with Crippen molar-refractivity contribution >= 4 is 34.7 Å². The molecule has 12 heavy (non-hydrogen) atoms. The summed E-state index contributed by atoms with van der Waals surface area (Å²) in [5, 5.41) is 2.87. The fourth-order valence-corrected chi connectivity index (χ4v) is 2.33. The van der Waals surface area contributed by atoms with E-state index in [9.17, 15) is 0 Å². The third kappa shape index (κ3) is 1.20. The van der Waals surface area contributed by atoms with E-state index in [-0.39, 0.29) is 0 Å². The second kappa shape index (κ2) is 2.87. The van der Waals surface area contributed by atoms with Crippen LogP contribution in [0.25, 0.3) is 12.2 Å². The molecule has 1 aliphatic rings. The van der Waals surface area contributed by atoms with E-state index in [2.05, 4.69) is 60.7 Å². The lowest BCUT2D eigenvalue weighted by Crippen LogP contribution is -2.26. The van der Waals surface area contributed by atoms with Crippen molar-refractivity contribution in [2.45, 2.75) is 13.8 Å². The number of rotatable bonds is 0. The summed E-state index contributed by atoms with van der Waals surface area (Å²) in [6.45, 7) is 4.41. The molecule has 0 N–H and O–H groups in total. The van der Waals surface area contributed by atoms with Crippen LogP contribution in [0, 0.1) is 16.4 Å². The summed E-state index contributed by atoms with van der Waals surface area (Å²) in [4.78, 5) is 0. The van der Waals surface area contributed by atoms with Crippen LogP contribution >= 0.6 is 22.6 Å². The van der Waals surface area contributed by atoms with Crippen LogP contribution in [0.3, 0.4) is 0 Å². The number of halogens is 1. The molecule has 0 bridgehead atoms. The summed E-state index contributed by atoms with van der Waals surface area (Å²) in [5.74, 6) is 0.606. The maximum Gasteiger partial charge on any atom is 0.0205 e. The lowest BCUT2D eigenvalue weighted by molar-refractivity contribution is 1.07. The predicted octanol–water partition coefficient (Wildman–Crippen LogP) is 1.81. The topological polar surface area (TPSA) is 0 Å². The summed E-state index contributed by atoms with van der Waals surface area (Å²) >= 11 is 2.40. The van der Waals surface area contributed by atoms with Gasteiger partial charge in [0.1, 0.15) is 0 Å². The molecule has 62 valence electrons. The number of hydrogen-bond donors (Lipinski definition) is 0. The highest BCUT2D eigenvalue weighted by Crippen LogP contribution is 2.06. The highest BCUT2D eigenvalue weighted by Gasteiger charge is 2.05. The third-order valence-corrected chi connectivity index (χ3v) is 3.25. The Morgan fingerprint density at radius 1 is 1.17 bits per heavy atom. The van der Waals surface area contributed by atoms with Gasteiger partial charge in [0.25, 0.3) is 0 Å². The smallest absolute Gasteiger partial charge is 0.0205 e. The summed E-state index contributed by atoms with van der Waals surface area (Å²) < 4.78 is 1.37. The molecular weight excluding hydrogens is 259 g/mol. The van der Waals surface area contributed by atoms with Crippen LogP contribution in [0.4, 0.5) is 0 Å². The standard InChI is InChI=1S/C11H11I/c1-7-5-9-8(2)3-4-11(12)10(9)6-7/h3-7H,1-2H3/t7-/m0/s1. The second-order valence-corrected chi connectivity index (χ2v) is 4.55. The van der Waals surface area contributed by atoms with Gasteiger partial charge in [-0.3, -0.25) is 0 Å². The van der Waals surface area contributed by atoms with E-state index in [1.807, 2.05) is 0 Å². The van der Waals surface area contributed by atoms with Crippen LogP contribution in [0.1, 0.15) is 12.5 Å². The number of fused-ring (bicyclic) bond motifs is 1. The van der Waals surface area contributed by atoms with E-state index in [1.165, 1.54) is 19.6 Å². The molecule has 1 aromatic carbocycles. The van der Waals surface area contributed by atoms with E-state index >= 15 is 0 Å². The van der Waals surface area contributed by atoms with Gasteiger partial charge in [0.15, 0.2) is 0 Å². The van der Waals surface area contributed by atoms with Gasteiger partial charge in [0, 0.05) is 3.57 Å². The Balaban J connectivity index is 2.91. The van der Waals surface area contributed by atoms with E-state index in [1.54, 1.807) is 0 Å². The summed E-state index contributed by atoms with van der Waals surface area (Å²) in [6, 6.07) is 4.39. The lowest BCUT2D eigenvalue weighted by atomic mass is 10.2. The second-order valence-electron chi connectivity index (χ2n) is 3.38. The fraction of sp³-hybridized carbons (Fsp3) is 0.273. The van der Waals surface area contributed by atoms with Gasteiger partial charge in [-0.15, -0.1) is 0 Å². The monoisotopic (exact) mass is 270 g/mol. The zero-order chi connectivity index (χ0) is 8.72. The molecule has 0 amide bonds. The summed E-state index contributed by atoms with van der Waals surface area (Å²) in [5.41, 5.74) is 1.39. The Hall–Kier alpha value is -0.310. The van der Waals surface area contributed by atoms with Crippen LogP contribution in [0.2, 0.25) is 0 Å². The third-order valence-electron chi connectivity index (χ3n) is 2.31. The van der Waals surface area contributed by atoms with Gasteiger partial charge in [0.05, 0.1) is 0 Å². The zero-order valence-electron chi connectivity index (χ0n) is 7.26. The Morgan fingerprint density at radius 2 is 1.83 bits per heavy atom. The van der Waals surface area contributed by atoms with Gasteiger partial charge in [-0.25, -0.2) is 0 Å². The molecule has 0 unspecified atom stereocenters.